The molecule has 1 aliphatic heterocycles. The highest BCUT2D eigenvalue weighted by Gasteiger charge is 2.27. The fourth-order valence-corrected chi connectivity index (χ4v) is 3.17. The molecule has 0 bridgehead atoms. The van der Waals surface area contributed by atoms with Crippen molar-refractivity contribution in [3.8, 4) is 23.0 Å². The van der Waals surface area contributed by atoms with E-state index in [1.165, 1.54) is 28.4 Å². The normalized spacial score (nSPS) is 15.5. The number of benzene rings is 2. The van der Waals surface area contributed by atoms with Crippen LogP contribution in [0.25, 0.3) is 0 Å². The maximum absolute atomic E-state index is 12.7. The molecule has 9 heteroatoms. The zero-order valence-corrected chi connectivity index (χ0v) is 17.1. The Labute approximate surface area is 174 Å². The van der Waals surface area contributed by atoms with E-state index in [1.54, 1.807) is 30.3 Å². The fraction of sp³-hybridized carbons (Fsp3) is 0.286. The summed E-state index contributed by atoms with van der Waals surface area (Å²) in [7, 11) is 6.05. The van der Waals surface area contributed by atoms with E-state index in [2.05, 4.69) is 15.6 Å². The third kappa shape index (κ3) is 4.29. The molecule has 0 fully saturated rings. The second-order valence-corrected chi connectivity index (χ2v) is 6.35. The summed E-state index contributed by atoms with van der Waals surface area (Å²) < 4.78 is 21.2. The largest absolute Gasteiger partial charge is 0.493 e. The van der Waals surface area contributed by atoms with Crippen LogP contribution < -0.4 is 29.6 Å². The van der Waals surface area contributed by atoms with Gasteiger partial charge in [0.25, 0.3) is 5.91 Å². The third-order valence-corrected chi connectivity index (χ3v) is 4.59. The number of amides is 2. The molecule has 0 aromatic heterocycles. The van der Waals surface area contributed by atoms with Gasteiger partial charge in [0.1, 0.15) is 0 Å². The maximum Gasteiger partial charge on any atom is 0.258 e. The lowest BCUT2D eigenvalue weighted by Gasteiger charge is -2.23. The molecule has 1 atom stereocenters. The van der Waals surface area contributed by atoms with Crippen molar-refractivity contribution in [2.24, 2.45) is 4.99 Å². The second-order valence-electron chi connectivity index (χ2n) is 6.35. The van der Waals surface area contributed by atoms with E-state index in [1.807, 2.05) is 6.07 Å². The van der Waals surface area contributed by atoms with E-state index in [0.717, 1.165) is 0 Å². The zero-order valence-electron chi connectivity index (χ0n) is 17.1. The predicted octanol–water partition coefficient (Wildman–Crippen LogP) is 2.07. The highest BCUT2D eigenvalue weighted by Crippen LogP contribution is 2.38. The number of rotatable bonds is 6. The number of carbonyl (C=O) groups excluding carboxylic acids is 2. The van der Waals surface area contributed by atoms with Gasteiger partial charge in [-0.1, -0.05) is 12.1 Å². The van der Waals surface area contributed by atoms with E-state index < -0.39 is 11.9 Å². The van der Waals surface area contributed by atoms with Crippen LogP contribution in [-0.2, 0) is 4.79 Å². The zero-order chi connectivity index (χ0) is 21.7. The standard InChI is InChI=1S/C21H23N3O6/c1-27-15-9-8-12(10-17(15)29-3)20(26)24-21-22-14(11-18(25)23-21)13-6-5-7-16(28-2)19(13)30-4/h5-10,14H,11H2,1-4H3,(H2,22,23,24,25,26)/t14-/m1/s1. The number of nitrogens with one attached hydrogen (secondary N) is 2. The molecular weight excluding hydrogens is 390 g/mol. The first-order valence-electron chi connectivity index (χ1n) is 9.12. The van der Waals surface area contributed by atoms with E-state index in [9.17, 15) is 9.59 Å². The van der Waals surface area contributed by atoms with Crippen molar-refractivity contribution >= 4 is 17.8 Å². The van der Waals surface area contributed by atoms with Crippen LogP contribution in [0.15, 0.2) is 41.4 Å². The van der Waals surface area contributed by atoms with Crippen molar-refractivity contribution in [1.29, 1.82) is 0 Å². The molecule has 0 radical (unpaired) electrons. The first kappa shape index (κ1) is 21.0. The van der Waals surface area contributed by atoms with Crippen LogP contribution in [0.5, 0.6) is 23.0 Å². The molecule has 2 N–H and O–H groups in total. The number of nitrogens with zero attached hydrogens (tertiary/aromatic N) is 1. The van der Waals surface area contributed by atoms with Gasteiger partial charge in [0.05, 0.1) is 40.9 Å². The van der Waals surface area contributed by atoms with Crippen molar-refractivity contribution in [2.75, 3.05) is 28.4 Å². The van der Waals surface area contributed by atoms with Gasteiger partial charge in [-0.3, -0.25) is 20.2 Å². The molecule has 1 aliphatic rings. The highest BCUT2D eigenvalue weighted by atomic mass is 16.5. The summed E-state index contributed by atoms with van der Waals surface area (Å²) >= 11 is 0. The van der Waals surface area contributed by atoms with Gasteiger partial charge in [-0.25, -0.2) is 4.99 Å². The number of methoxy groups -OCH3 is 4. The van der Waals surface area contributed by atoms with E-state index >= 15 is 0 Å². The Bertz CT molecular complexity index is 989. The maximum atomic E-state index is 12.7. The molecule has 0 spiro atoms. The molecule has 0 unspecified atom stereocenters. The molecule has 0 saturated carbocycles. The van der Waals surface area contributed by atoms with Crippen LogP contribution in [0.4, 0.5) is 0 Å². The lowest BCUT2D eigenvalue weighted by atomic mass is 10.0. The number of para-hydroxylation sites is 1. The number of hydrogen-bond donors (Lipinski definition) is 2. The molecule has 1 heterocycles. The molecule has 9 nitrogen and oxygen atoms in total. The highest BCUT2D eigenvalue weighted by molar-refractivity contribution is 6.10. The fourth-order valence-electron chi connectivity index (χ4n) is 3.17. The van der Waals surface area contributed by atoms with Crippen molar-refractivity contribution in [2.45, 2.75) is 12.5 Å². The number of hydrogen-bond acceptors (Lipinski definition) is 7. The van der Waals surface area contributed by atoms with Crippen LogP contribution in [-0.4, -0.2) is 46.2 Å². The third-order valence-electron chi connectivity index (χ3n) is 4.59. The summed E-state index contributed by atoms with van der Waals surface area (Å²) in [6.07, 6.45) is 0.110. The van der Waals surface area contributed by atoms with E-state index in [4.69, 9.17) is 18.9 Å². The van der Waals surface area contributed by atoms with Gasteiger partial charge in [-0.15, -0.1) is 0 Å². The molecule has 3 rings (SSSR count). The summed E-state index contributed by atoms with van der Waals surface area (Å²) in [5.41, 5.74) is 1.01. The molecule has 0 aliphatic carbocycles. The van der Waals surface area contributed by atoms with Gasteiger partial charge in [0, 0.05) is 11.1 Å². The first-order valence-corrected chi connectivity index (χ1v) is 9.12. The van der Waals surface area contributed by atoms with Gasteiger partial charge < -0.3 is 18.9 Å². The van der Waals surface area contributed by atoms with Crippen molar-refractivity contribution in [3.63, 3.8) is 0 Å². The topological polar surface area (TPSA) is 107 Å². The molecular formula is C21H23N3O6. The Morgan fingerprint density at radius 1 is 1.00 bits per heavy atom. The Balaban J connectivity index is 1.87. The molecule has 2 aromatic rings. The average Bonchev–Trinajstić information content (AvgIpc) is 2.77. The molecule has 30 heavy (non-hydrogen) atoms. The molecule has 2 aromatic carbocycles. The number of aliphatic imine (C=N–C) groups is 1. The molecule has 0 saturated heterocycles. The molecule has 158 valence electrons. The minimum Gasteiger partial charge on any atom is -0.493 e. The van der Waals surface area contributed by atoms with Crippen LogP contribution in [0.1, 0.15) is 28.4 Å². The minimum absolute atomic E-state index is 0.0564. The van der Waals surface area contributed by atoms with Crippen LogP contribution in [0.2, 0.25) is 0 Å². The molecule has 2 amide bonds. The monoisotopic (exact) mass is 413 g/mol. The van der Waals surface area contributed by atoms with Gasteiger partial charge in [-0.2, -0.15) is 0 Å². The Morgan fingerprint density at radius 3 is 2.40 bits per heavy atom. The Morgan fingerprint density at radius 2 is 1.73 bits per heavy atom. The predicted molar refractivity (Wildman–Crippen MR) is 109 cm³/mol. The average molecular weight is 413 g/mol. The summed E-state index contributed by atoms with van der Waals surface area (Å²) in [5, 5.41) is 5.22. The van der Waals surface area contributed by atoms with Crippen molar-refractivity contribution < 1.29 is 28.5 Å². The van der Waals surface area contributed by atoms with Crippen LogP contribution in [0, 0.1) is 0 Å². The summed E-state index contributed by atoms with van der Waals surface area (Å²) in [5.74, 6) is 1.28. The van der Waals surface area contributed by atoms with Gasteiger partial charge in [0.15, 0.2) is 23.0 Å². The van der Waals surface area contributed by atoms with Gasteiger partial charge in [-0.05, 0) is 24.3 Å². The van der Waals surface area contributed by atoms with Gasteiger partial charge >= 0.3 is 0 Å². The lowest BCUT2D eigenvalue weighted by molar-refractivity contribution is -0.120. The number of ether oxygens (including phenoxy) is 4. The van der Waals surface area contributed by atoms with Crippen LogP contribution >= 0.6 is 0 Å². The van der Waals surface area contributed by atoms with E-state index in [-0.39, 0.29) is 18.3 Å². The van der Waals surface area contributed by atoms with Crippen molar-refractivity contribution in [3.05, 3.63) is 47.5 Å². The quantitative estimate of drug-likeness (QED) is 0.751. The van der Waals surface area contributed by atoms with Gasteiger partial charge in [0.2, 0.25) is 11.9 Å². The lowest BCUT2D eigenvalue weighted by Crippen LogP contribution is -2.47. The Kier molecular flexibility index (Phi) is 6.41. The second kappa shape index (κ2) is 9.17. The van der Waals surface area contributed by atoms with Crippen molar-refractivity contribution in [1.82, 2.24) is 10.6 Å². The van der Waals surface area contributed by atoms with E-state index in [0.29, 0.717) is 34.1 Å². The number of carbonyl (C=O) groups is 2. The SMILES string of the molecule is COc1ccc(C(=O)NC2=N[C@@H](c3cccc(OC)c3OC)CC(=O)N2)cc1OC. The number of guanidine groups is 1. The summed E-state index contributed by atoms with van der Waals surface area (Å²) in [6.45, 7) is 0. The smallest absolute Gasteiger partial charge is 0.258 e. The summed E-state index contributed by atoms with van der Waals surface area (Å²) in [6, 6.07) is 9.58. The summed E-state index contributed by atoms with van der Waals surface area (Å²) in [4.78, 5) is 29.4. The Hall–Kier alpha value is -3.75. The minimum atomic E-state index is -0.537. The first-order chi connectivity index (χ1) is 14.5. The van der Waals surface area contributed by atoms with Crippen LogP contribution in [0.3, 0.4) is 0 Å².